The van der Waals surface area contributed by atoms with Gasteiger partial charge in [-0.15, -0.1) is 0 Å². The SMILES string of the molecule is COCCCNC(=O)c1cc2cccc(C)c2o1. The van der Waals surface area contributed by atoms with E-state index in [1.165, 1.54) is 0 Å². The number of aryl methyl sites for hydroxylation is 1. The second-order valence-electron chi connectivity index (χ2n) is 4.21. The lowest BCUT2D eigenvalue weighted by Gasteiger charge is -2.01. The van der Waals surface area contributed by atoms with Crippen LogP contribution in [-0.2, 0) is 4.74 Å². The van der Waals surface area contributed by atoms with Crippen molar-refractivity contribution in [1.82, 2.24) is 5.32 Å². The van der Waals surface area contributed by atoms with Crippen molar-refractivity contribution >= 4 is 16.9 Å². The first-order chi connectivity index (χ1) is 8.72. The smallest absolute Gasteiger partial charge is 0.287 e. The number of amides is 1. The van der Waals surface area contributed by atoms with E-state index in [1.54, 1.807) is 13.2 Å². The number of hydrogen-bond acceptors (Lipinski definition) is 3. The van der Waals surface area contributed by atoms with Gasteiger partial charge in [0.2, 0.25) is 0 Å². The van der Waals surface area contributed by atoms with Gasteiger partial charge in [-0.2, -0.15) is 0 Å². The van der Waals surface area contributed by atoms with Crippen LogP contribution in [0.1, 0.15) is 22.5 Å². The maximum absolute atomic E-state index is 11.8. The normalized spacial score (nSPS) is 10.8. The van der Waals surface area contributed by atoms with Crippen LogP contribution in [0.15, 0.2) is 28.7 Å². The highest BCUT2D eigenvalue weighted by Gasteiger charge is 2.12. The summed E-state index contributed by atoms with van der Waals surface area (Å²) < 4.78 is 10.5. The van der Waals surface area contributed by atoms with Gasteiger partial charge >= 0.3 is 0 Å². The Labute approximate surface area is 106 Å². The van der Waals surface area contributed by atoms with E-state index in [9.17, 15) is 4.79 Å². The number of hydrogen-bond donors (Lipinski definition) is 1. The molecule has 0 bridgehead atoms. The van der Waals surface area contributed by atoms with Gasteiger partial charge in [-0.1, -0.05) is 18.2 Å². The Balaban J connectivity index is 2.06. The second-order valence-corrected chi connectivity index (χ2v) is 4.21. The molecule has 0 saturated carbocycles. The molecule has 2 rings (SSSR count). The summed E-state index contributed by atoms with van der Waals surface area (Å²) in [4.78, 5) is 11.8. The lowest BCUT2D eigenvalue weighted by Crippen LogP contribution is -2.24. The van der Waals surface area contributed by atoms with Gasteiger partial charge in [0.25, 0.3) is 5.91 Å². The minimum atomic E-state index is -0.179. The lowest BCUT2D eigenvalue weighted by molar-refractivity contribution is 0.0923. The third kappa shape index (κ3) is 2.71. The van der Waals surface area contributed by atoms with Crippen LogP contribution in [0.3, 0.4) is 0 Å². The summed E-state index contributed by atoms with van der Waals surface area (Å²) in [7, 11) is 1.64. The first-order valence-corrected chi connectivity index (χ1v) is 5.98. The molecule has 1 N–H and O–H groups in total. The molecule has 4 heteroatoms. The monoisotopic (exact) mass is 247 g/mol. The Hall–Kier alpha value is -1.81. The van der Waals surface area contributed by atoms with Gasteiger partial charge in [-0.25, -0.2) is 0 Å². The standard InChI is InChI=1S/C14H17NO3/c1-10-5-3-6-11-9-12(18-13(10)11)14(16)15-7-4-8-17-2/h3,5-6,9H,4,7-8H2,1-2H3,(H,15,16). The molecule has 1 heterocycles. The minimum absolute atomic E-state index is 0.179. The summed E-state index contributed by atoms with van der Waals surface area (Å²) >= 11 is 0. The summed E-state index contributed by atoms with van der Waals surface area (Å²) in [6.07, 6.45) is 0.793. The third-order valence-corrected chi connectivity index (χ3v) is 2.78. The number of carbonyl (C=O) groups is 1. The molecule has 4 nitrogen and oxygen atoms in total. The highest BCUT2D eigenvalue weighted by molar-refractivity contribution is 5.96. The third-order valence-electron chi connectivity index (χ3n) is 2.78. The van der Waals surface area contributed by atoms with Crippen molar-refractivity contribution < 1.29 is 13.9 Å². The molecular weight excluding hydrogens is 230 g/mol. The van der Waals surface area contributed by atoms with Crippen molar-refractivity contribution in [1.29, 1.82) is 0 Å². The first-order valence-electron chi connectivity index (χ1n) is 5.98. The molecule has 1 amide bonds. The zero-order valence-corrected chi connectivity index (χ0v) is 10.7. The number of ether oxygens (including phenoxy) is 1. The van der Waals surface area contributed by atoms with E-state index in [-0.39, 0.29) is 5.91 Å². The highest BCUT2D eigenvalue weighted by atomic mass is 16.5. The van der Waals surface area contributed by atoms with Crippen LogP contribution in [-0.4, -0.2) is 26.2 Å². The number of para-hydroxylation sites is 1. The Morgan fingerprint density at radius 3 is 3.00 bits per heavy atom. The summed E-state index contributed by atoms with van der Waals surface area (Å²) in [6, 6.07) is 7.63. The maximum Gasteiger partial charge on any atom is 0.287 e. The predicted molar refractivity (Wildman–Crippen MR) is 69.8 cm³/mol. The van der Waals surface area contributed by atoms with E-state index < -0.39 is 0 Å². The number of fused-ring (bicyclic) bond motifs is 1. The van der Waals surface area contributed by atoms with Gasteiger partial charge in [0, 0.05) is 25.6 Å². The number of carbonyl (C=O) groups excluding carboxylic acids is 1. The van der Waals surface area contributed by atoms with Gasteiger partial charge in [-0.3, -0.25) is 4.79 Å². The summed E-state index contributed by atoms with van der Waals surface area (Å²) in [6.45, 7) is 3.19. The molecule has 2 aromatic rings. The van der Waals surface area contributed by atoms with Crippen molar-refractivity contribution in [2.45, 2.75) is 13.3 Å². The average molecular weight is 247 g/mol. The first kappa shape index (κ1) is 12.6. The molecule has 0 aliphatic carbocycles. The van der Waals surface area contributed by atoms with Crippen molar-refractivity contribution in [2.24, 2.45) is 0 Å². The Morgan fingerprint density at radius 1 is 1.44 bits per heavy atom. The number of rotatable bonds is 5. The van der Waals surface area contributed by atoms with Crippen LogP contribution < -0.4 is 5.32 Å². The van der Waals surface area contributed by atoms with Gasteiger partial charge in [0.15, 0.2) is 5.76 Å². The number of methoxy groups -OCH3 is 1. The van der Waals surface area contributed by atoms with Gasteiger partial charge < -0.3 is 14.5 Å². The fourth-order valence-corrected chi connectivity index (χ4v) is 1.83. The van der Waals surface area contributed by atoms with Crippen molar-refractivity contribution in [2.75, 3.05) is 20.3 Å². The molecule has 0 radical (unpaired) electrons. The van der Waals surface area contributed by atoms with E-state index >= 15 is 0 Å². The molecule has 1 aromatic carbocycles. The van der Waals surface area contributed by atoms with E-state index in [2.05, 4.69) is 5.32 Å². The van der Waals surface area contributed by atoms with Gasteiger partial charge in [0.05, 0.1) is 0 Å². The predicted octanol–water partition coefficient (Wildman–Crippen LogP) is 2.51. The Kier molecular flexibility index (Phi) is 3.99. The summed E-state index contributed by atoms with van der Waals surface area (Å²) in [5.74, 6) is 0.179. The fourth-order valence-electron chi connectivity index (χ4n) is 1.83. The van der Waals surface area contributed by atoms with Gasteiger partial charge in [-0.05, 0) is 25.0 Å². The van der Waals surface area contributed by atoms with E-state index in [1.807, 2.05) is 25.1 Å². The van der Waals surface area contributed by atoms with E-state index in [0.29, 0.717) is 18.9 Å². The van der Waals surface area contributed by atoms with Crippen molar-refractivity contribution in [3.05, 3.63) is 35.6 Å². The highest BCUT2D eigenvalue weighted by Crippen LogP contribution is 2.22. The molecule has 0 fully saturated rings. The molecule has 1 aromatic heterocycles. The Bertz CT molecular complexity index is 545. The lowest BCUT2D eigenvalue weighted by atomic mass is 10.2. The van der Waals surface area contributed by atoms with Gasteiger partial charge in [0.1, 0.15) is 5.58 Å². The molecule has 0 saturated heterocycles. The number of nitrogens with one attached hydrogen (secondary N) is 1. The van der Waals surface area contributed by atoms with E-state index in [0.717, 1.165) is 23.0 Å². The van der Waals surface area contributed by atoms with Crippen LogP contribution in [0.5, 0.6) is 0 Å². The number of benzene rings is 1. The quantitative estimate of drug-likeness (QED) is 0.826. The fraction of sp³-hybridized carbons (Fsp3) is 0.357. The molecule has 0 unspecified atom stereocenters. The average Bonchev–Trinajstić information content (AvgIpc) is 2.80. The van der Waals surface area contributed by atoms with Crippen LogP contribution in [0.2, 0.25) is 0 Å². The summed E-state index contributed by atoms with van der Waals surface area (Å²) in [5.41, 5.74) is 1.81. The molecule has 18 heavy (non-hydrogen) atoms. The molecule has 0 spiro atoms. The zero-order valence-electron chi connectivity index (χ0n) is 10.7. The van der Waals surface area contributed by atoms with Crippen LogP contribution in [0, 0.1) is 6.92 Å². The van der Waals surface area contributed by atoms with E-state index in [4.69, 9.17) is 9.15 Å². The molecular formula is C14H17NO3. The largest absolute Gasteiger partial charge is 0.451 e. The van der Waals surface area contributed by atoms with Crippen molar-refractivity contribution in [3.8, 4) is 0 Å². The van der Waals surface area contributed by atoms with Crippen LogP contribution in [0.4, 0.5) is 0 Å². The Morgan fingerprint density at radius 2 is 2.28 bits per heavy atom. The molecule has 0 aliphatic heterocycles. The minimum Gasteiger partial charge on any atom is -0.451 e. The van der Waals surface area contributed by atoms with Crippen LogP contribution >= 0.6 is 0 Å². The summed E-state index contributed by atoms with van der Waals surface area (Å²) in [5, 5.41) is 3.76. The molecule has 96 valence electrons. The number of furan rings is 1. The molecule has 0 atom stereocenters. The van der Waals surface area contributed by atoms with Crippen molar-refractivity contribution in [3.63, 3.8) is 0 Å². The molecule has 0 aliphatic rings. The maximum atomic E-state index is 11.8. The zero-order chi connectivity index (χ0) is 13.0. The van der Waals surface area contributed by atoms with Crippen LogP contribution in [0.25, 0.3) is 11.0 Å². The second kappa shape index (κ2) is 5.69. The topological polar surface area (TPSA) is 51.5 Å².